The second-order valence-electron chi connectivity index (χ2n) is 4.78. The van der Waals surface area contributed by atoms with Gasteiger partial charge in [0.05, 0.1) is 32.0 Å². The van der Waals surface area contributed by atoms with Crippen LogP contribution in [-0.4, -0.2) is 25.1 Å². The van der Waals surface area contributed by atoms with Crippen LogP contribution in [0.3, 0.4) is 0 Å². The summed E-state index contributed by atoms with van der Waals surface area (Å²) >= 11 is 0. The van der Waals surface area contributed by atoms with Crippen LogP contribution >= 0.6 is 0 Å². The number of carbonyl (C=O) groups excluding carboxylic acids is 1. The van der Waals surface area contributed by atoms with Gasteiger partial charge < -0.3 is 14.8 Å². The highest BCUT2D eigenvalue weighted by atomic mass is 19.1. The Bertz CT molecular complexity index is 702. The highest BCUT2D eigenvalue weighted by Gasteiger charge is 2.23. The van der Waals surface area contributed by atoms with Crippen molar-refractivity contribution in [1.29, 1.82) is 0 Å². The molecule has 0 bridgehead atoms. The summed E-state index contributed by atoms with van der Waals surface area (Å²) in [6.07, 6.45) is 1.36. The lowest BCUT2D eigenvalue weighted by Gasteiger charge is -2.15. The molecule has 0 radical (unpaired) electrons. The molecule has 1 atom stereocenters. The van der Waals surface area contributed by atoms with E-state index in [1.165, 1.54) is 39.5 Å². The van der Waals surface area contributed by atoms with E-state index >= 15 is 0 Å². The van der Waals surface area contributed by atoms with Crippen LogP contribution in [-0.2, 0) is 4.79 Å². The Kier molecular flexibility index (Phi) is 5.10. The number of methoxy groups -OCH3 is 2. The molecule has 1 amide bonds. The van der Waals surface area contributed by atoms with E-state index in [0.717, 1.165) is 12.1 Å². The fourth-order valence-corrected chi connectivity index (χ4v) is 2.11. The number of rotatable bonds is 5. The number of pyridine rings is 1. The smallest absolute Gasteiger partial charge is 0.256 e. The van der Waals surface area contributed by atoms with Gasteiger partial charge in [-0.3, -0.25) is 4.79 Å². The van der Waals surface area contributed by atoms with Crippen LogP contribution in [0.25, 0.3) is 0 Å². The minimum Gasteiger partial charge on any atom is -0.491 e. The topological polar surface area (TPSA) is 60.5 Å². The number of nitrogens with zero attached hydrogens (tertiary/aromatic N) is 1. The van der Waals surface area contributed by atoms with E-state index in [1.54, 1.807) is 0 Å². The van der Waals surface area contributed by atoms with E-state index in [9.17, 15) is 13.6 Å². The van der Waals surface area contributed by atoms with Crippen molar-refractivity contribution < 1.29 is 23.0 Å². The van der Waals surface area contributed by atoms with Crippen LogP contribution < -0.4 is 14.8 Å². The van der Waals surface area contributed by atoms with E-state index in [4.69, 9.17) is 9.47 Å². The summed E-state index contributed by atoms with van der Waals surface area (Å²) in [6, 6.07) is 4.98. The molecule has 0 aliphatic heterocycles. The van der Waals surface area contributed by atoms with Crippen LogP contribution in [0.15, 0.2) is 30.5 Å². The minimum atomic E-state index is -1.01. The van der Waals surface area contributed by atoms with Crippen molar-refractivity contribution in [2.24, 2.45) is 0 Å². The van der Waals surface area contributed by atoms with Crippen molar-refractivity contribution in [3.05, 3.63) is 47.7 Å². The molecule has 7 heteroatoms. The van der Waals surface area contributed by atoms with Gasteiger partial charge in [0.15, 0.2) is 5.75 Å². The Hall–Kier alpha value is -2.70. The van der Waals surface area contributed by atoms with E-state index in [1.807, 2.05) is 0 Å². The second kappa shape index (κ2) is 7.04. The highest BCUT2D eigenvalue weighted by Crippen LogP contribution is 2.28. The van der Waals surface area contributed by atoms with E-state index < -0.39 is 23.5 Å². The maximum absolute atomic E-state index is 13.7. The number of benzene rings is 1. The van der Waals surface area contributed by atoms with Crippen LogP contribution in [0, 0.1) is 11.6 Å². The summed E-state index contributed by atoms with van der Waals surface area (Å²) < 4.78 is 37.6. The molecule has 1 N–H and O–H groups in total. The summed E-state index contributed by atoms with van der Waals surface area (Å²) in [6.45, 7) is 1.42. The number of amides is 1. The molecule has 5 nitrogen and oxygen atoms in total. The average molecular weight is 322 g/mol. The van der Waals surface area contributed by atoms with Gasteiger partial charge in [0.2, 0.25) is 5.91 Å². The van der Waals surface area contributed by atoms with Crippen LogP contribution in [0.1, 0.15) is 18.4 Å². The minimum absolute atomic E-state index is 0.263. The van der Waals surface area contributed by atoms with Gasteiger partial charge in [0.1, 0.15) is 11.6 Å². The van der Waals surface area contributed by atoms with Gasteiger partial charge in [-0.1, -0.05) is 6.07 Å². The van der Waals surface area contributed by atoms with Crippen molar-refractivity contribution in [2.45, 2.75) is 12.8 Å². The maximum atomic E-state index is 13.7. The Labute approximate surface area is 132 Å². The van der Waals surface area contributed by atoms with Crippen molar-refractivity contribution in [3.8, 4) is 11.6 Å². The lowest BCUT2D eigenvalue weighted by atomic mass is 9.99. The maximum Gasteiger partial charge on any atom is 0.256 e. The van der Waals surface area contributed by atoms with Gasteiger partial charge in [0.25, 0.3) is 5.88 Å². The first-order chi connectivity index (χ1) is 11.0. The molecule has 2 rings (SSSR count). The van der Waals surface area contributed by atoms with Crippen LogP contribution in [0.2, 0.25) is 0 Å². The number of aromatic nitrogens is 1. The number of hydrogen-bond donors (Lipinski definition) is 1. The monoisotopic (exact) mass is 322 g/mol. The predicted molar refractivity (Wildman–Crippen MR) is 80.7 cm³/mol. The van der Waals surface area contributed by atoms with Crippen LogP contribution in [0.5, 0.6) is 11.6 Å². The lowest BCUT2D eigenvalue weighted by molar-refractivity contribution is -0.117. The highest BCUT2D eigenvalue weighted by molar-refractivity contribution is 5.95. The zero-order valence-corrected chi connectivity index (χ0v) is 12.9. The number of hydrogen-bond acceptors (Lipinski definition) is 4. The molecule has 1 heterocycles. The van der Waals surface area contributed by atoms with Crippen molar-refractivity contribution in [2.75, 3.05) is 19.5 Å². The summed E-state index contributed by atoms with van der Waals surface area (Å²) in [5.74, 6) is -2.52. The zero-order chi connectivity index (χ0) is 17.0. The molecule has 1 aromatic carbocycles. The van der Waals surface area contributed by atoms with Gasteiger partial charge in [-0.25, -0.2) is 13.8 Å². The molecule has 0 fully saturated rings. The van der Waals surface area contributed by atoms with Gasteiger partial charge in [-0.15, -0.1) is 0 Å². The van der Waals surface area contributed by atoms with Crippen molar-refractivity contribution in [1.82, 2.24) is 4.98 Å². The largest absolute Gasteiger partial charge is 0.491 e. The Morgan fingerprint density at radius 1 is 1.22 bits per heavy atom. The number of anilines is 1. The van der Waals surface area contributed by atoms with Gasteiger partial charge in [-0.2, -0.15) is 0 Å². The third kappa shape index (κ3) is 3.56. The molecule has 0 spiro atoms. The molecule has 0 saturated heterocycles. The number of carbonyl (C=O) groups is 1. The first-order valence-corrected chi connectivity index (χ1v) is 6.80. The molecule has 23 heavy (non-hydrogen) atoms. The number of halogens is 2. The molecule has 0 aliphatic rings. The van der Waals surface area contributed by atoms with E-state index in [2.05, 4.69) is 10.3 Å². The first kappa shape index (κ1) is 16.7. The quantitative estimate of drug-likeness (QED) is 0.919. The van der Waals surface area contributed by atoms with E-state index in [0.29, 0.717) is 11.4 Å². The molecular formula is C16H16F2N2O3. The molecular weight excluding hydrogens is 306 g/mol. The molecule has 0 saturated carbocycles. The zero-order valence-electron chi connectivity index (χ0n) is 12.9. The van der Waals surface area contributed by atoms with E-state index in [-0.39, 0.29) is 11.4 Å². The second-order valence-corrected chi connectivity index (χ2v) is 4.78. The third-order valence-corrected chi connectivity index (χ3v) is 3.33. The summed E-state index contributed by atoms with van der Waals surface area (Å²) in [5, 5.41) is 2.55. The third-order valence-electron chi connectivity index (χ3n) is 3.33. The Balaban J connectivity index is 2.22. The number of nitrogens with one attached hydrogen (secondary N) is 1. The Morgan fingerprint density at radius 2 is 1.87 bits per heavy atom. The molecule has 0 aliphatic carbocycles. The molecule has 1 unspecified atom stereocenters. The molecule has 2 aromatic rings. The van der Waals surface area contributed by atoms with Gasteiger partial charge in [-0.05, 0) is 19.1 Å². The summed E-state index contributed by atoms with van der Waals surface area (Å²) in [7, 11) is 2.87. The standard InChI is InChI=1S/C16H16F2N2O3/c1-9(14-11(17)5-4-6-12(14)18)15(21)20-10-7-13(22-2)16(23-3)19-8-10/h4-9H,1-3H3,(H,20,21). The van der Waals surface area contributed by atoms with Crippen LogP contribution in [0.4, 0.5) is 14.5 Å². The molecule has 1 aromatic heterocycles. The fraction of sp³-hybridized carbons (Fsp3) is 0.250. The average Bonchev–Trinajstić information content (AvgIpc) is 2.54. The summed E-state index contributed by atoms with van der Waals surface area (Å²) in [5.41, 5.74) is 0.0506. The lowest BCUT2D eigenvalue weighted by Crippen LogP contribution is -2.21. The Morgan fingerprint density at radius 3 is 2.43 bits per heavy atom. The normalized spacial score (nSPS) is 11.7. The summed E-state index contributed by atoms with van der Waals surface area (Å²) in [4.78, 5) is 16.2. The number of ether oxygens (including phenoxy) is 2. The predicted octanol–water partition coefficient (Wildman–Crippen LogP) is 3.12. The van der Waals surface area contributed by atoms with Crippen molar-refractivity contribution >= 4 is 11.6 Å². The van der Waals surface area contributed by atoms with Crippen molar-refractivity contribution in [3.63, 3.8) is 0 Å². The molecule has 122 valence electrons. The van der Waals surface area contributed by atoms with Gasteiger partial charge in [0, 0.05) is 11.6 Å². The SMILES string of the molecule is COc1cc(NC(=O)C(C)c2c(F)cccc2F)cnc1OC. The first-order valence-electron chi connectivity index (χ1n) is 6.80. The van der Waals surface area contributed by atoms with Gasteiger partial charge >= 0.3 is 0 Å². The fourth-order valence-electron chi connectivity index (χ4n) is 2.11.